The molecule has 0 fully saturated rings. The summed E-state index contributed by atoms with van der Waals surface area (Å²) in [7, 11) is -1.36. The summed E-state index contributed by atoms with van der Waals surface area (Å²) in [5, 5.41) is 2.06. The number of carbonyl (C=O) groups excluding carboxylic acids is 1. The third-order valence-electron chi connectivity index (χ3n) is 3.13. The summed E-state index contributed by atoms with van der Waals surface area (Å²) in [6.45, 7) is 10.4. The van der Waals surface area contributed by atoms with Gasteiger partial charge in [-0.15, -0.1) is 0 Å². The zero-order chi connectivity index (χ0) is 14.4. The predicted molar refractivity (Wildman–Crippen MR) is 79.8 cm³/mol. The molecule has 1 unspecified atom stereocenters. The van der Waals surface area contributed by atoms with Gasteiger partial charge < -0.3 is 4.53 Å². The van der Waals surface area contributed by atoms with Crippen molar-refractivity contribution in [2.24, 2.45) is 5.41 Å². The van der Waals surface area contributed by atoms with Gasteiger partial charge in [0.15, 0.2) is 0 Å². The van der Waals surface area contributed by atoms with E-state index in [1.165, 1.54) is 0 Å². The molecule has 19 heavy (non-hydrogen) atoms. The van der Waals surface area contributed by atoms with E-state index < -0.39 is 9.04 Å². The Bertz CT molecular complexity index is 511. The predicted octanol–water partition coefficient (Wildman–Crippen LogP) is 3.80. The smallest absolute Gasteiger partial charge is 0.278 e. The normalized spacial score (nSPS) is 19.2. The van der Waals surface area contributed by atoms with Gasteiger partial charge in [0.05, 0.1) is 16.6 Å². The number of nitrogens with zero attached hydrogens (tertiary/aromatic N) is 1. The first-order chi connectivity index (χ1) is 8.73. The van der Waals surface area contributed by atoms with Crippen LogP contribution in [0.5, 0.6) is 0 Å². The molecule has 0 saturated carbocycles. The summed E-state index contributed by atoms with van der Waals surface area (Å²) < 4.78 is 5.86. The lowest BCUT2D eigenvalue weighted by molar-refractivity contribution is -0.0870. The van der Waals surface area contributed by atoms with Crippen molar-refractivity contribution in [3.05, 3.63) is 34.3 Å². The molecule has 3 nitrogen and oxygen atoms in total. The summed E-state index contributed by atoms with van der Waals surface area (Å²) in [4.78, 5) is 12.5. The molecule has 0 spiro atoms. The van der Waals surface area contributed by atoms with E-state index in [1.807, 2.05) is 12.1 Å². The lowest BCUT2D eigenvalue weighted by Gasteiger charge is -2.35. The van der Waals surface area contributed by atoms with E-state index in [2.05, 4.69) is 33.9 Å². The van der Waals surface area contributed by atoms with Crippen molar-refractivity contribution in [2.45, 2.75) is 39.9 Å². The quantitative estimate of drug-likeness (QED) is 0.777. The summed E-state index contributed by atoms with van der Waals surface area (Å²) in [6, 6.07) is 5.54. The molecule has 5 heteroatoms. The Balaban J connectivity index is 2.55. The molecule has 1 aliphatic rings. The van der Waals surface area contributed by atoms with Crippen molar-refractivity contribution in [2.75, 3.05) is 0 Å². The second kappa shape index (κ2) is 4.92. The monoisotopic (exact) mass is 297 g/mol. The van der Waals surface area contributed by atoms with E-state index in [9.17, 15) is 4.79 Å². The topological polar surface area (TPSA) is 29.5 Å². The van der Waals surface area contributed by atoms with Crippen LogP contribution in [-0.4, -0.2) is 20.0 Å². The van der Waals surface area contributed by atoms with Crippen LogP contribution in [0, 0.1) is 5.41 Å². The van der Waals surface area contributed by atoms with Crippen LogP contribution in [0.1, 0.15) is 42.7 Å². The zero-order valence-corrected chi connectivity index (χ0v) is 13.9. The molecule has 1 aliphatic heterocycles. The van der Waals surface area contributed by atoms with Crippen LogP contribution >= 0.6 is 11.6 Å². The highest BCUT2D eigenvalue weighted by atomic mass is 35.5. The highest BCUT2D eigenvalue weighted by Crippen LogP contribution is 2.46. The summed E-state index contributed by atoms with van der Waals surface area (Å²) in [6.07, 6.45) is 0. The molecular weight excluding hydrogens is 278 g/mol. The Morgan fingerprint density at radius 3 is 2.47 bits per heavy atom. The Morgan fingerprint density at radius 1 is 1.32 bits per heavy atom. The number of amides is 1. The highest BCUT2D eigenvalue weighted by Gasteiger charge is 2.45. The molecule has 104 valence electrons. The third-order valence-corrected chi connectivity index (χ3v) is 4.10. The maximum absolute atomic E-state index is 12.5. The second-order valence-electron chi connectivity index (χ2n) is 6.26. The average molecular weight is 298 g/mol. The molecule has 1 atom stereocenters. The van der Waals surface area contributed by atoms with Crippen LogP contribution < -0.4 is 0 Å². The van der Waals surface area contributed by atoms with E-state index in [4.69, 9.17) is 16.1 Å². The van der Waals surface area contributed by atoms with Crippen molar-refractivity contribution in [1.29, 1.82) is 0 Å². The van der Waals surface area contributed by atoms with Crippen LogP contribution in [-0.2, 0) is 4.53 Å². The van der Waals surface area contributed by atoms with Gasteiger partial charge in [-0.3, -0.25) is 4.79 Å². The van der Waals surface area contributed by atoms with Crippen LogP contribution in [0.2, 0.25) is 18.1 Å². The molecule has 2 rings (SSSR count). The average Bonchev–Trinajstić information content (AvgIpc) is 2.52. The van der Waals surface area contributed by atoms with Crippen molar-refractivity contribution >= 4 is 26.5 Å². The van der Waals surface area contributed by atoms with Gasteiger partial charge in [0, 0.05) is 0 Å². The number of halogens is 1. The van der Waals surface area contributed by atoms with Crippen LogP contribution in [0.3, 0.4) is 0 Å². The van der Waals surface area contributed by atoms with Crippen LogP contribution in [0.15, 0.2) is 18.2 Å². The molecule has 0 aliphatic carbocycles. The first kappa shape index (κ1) is 14.6. The van der Waals surface area contributed by atoms with E-state index >= 15 is 0 Å². The first-order valence-corrected chi connectivity index (χ1v) is 9.68. The molecule has 1 heterocycles. The molecule has 0 N–H and O–H groups in total. The van der Waals surface area contributed by atoms with E-state index in [0.717, 1.165) is 5.56 Å². The van der Waals surface area contributed by atoms with Gasteiger partial charge in [0.2, 0.25) is 9.04 Å². The largest absolute Gasteiger partial charge is 0.321 e. The van der Waals surface area contributed by atoms with Gasteiger partial charge in [-0.25, -0.2) is 5.06 Å². The second-order valence-corrected chi connectivity index (χ2v) is 8.97. The highest BCUT2D eigenvalue weighted by molar-refractivity contribution is 6.48. The molecule has 1 amide bonds. The maximum atomic E-state index is 12.5. The van der Waals surface area contributed by atoms with Gasteiger partial charge in [0.25, 0.3) is 5.91 Å². The summed E-state index contributed by atoms with van der Waals surface area (Å²) in [5.74, 6) is -0.110. The third kappa shape index (κ3) is 2.57. The number of hydrogen-bond donors (Lipinski definition) is 0. The fourth-order valence-corrected chi connectivity index (χ4v) is 3.44. The number of fused-ring (bicyclic) bond motifs is 1. The number of hydroxylamine groups is 2. The molecular formula is C14H20ClNO2Si. The van der Waals surface area contributed by atoms with Gasteiger partial charge in [0.1, 0.15) is 0 Å². The molecule has 0 bridgehead atoms. The Morgan fingerprint density at radius 2 is 1.95 bits per heavy atom. The van der Waals surface area contributed by atoms with Crippen molar-refractivity contribution in [1.82, 2.24) is 5.06 Å². The lowest BCUT2D eigenvalue weighted by atomic mass is 9.83. The summed E-state index contributed by atoms with van der Waals surface area (Å²) in [5.41, 5.74) is 1.47. The Hall–Kier alpha value is -0.843. The van der Waals surface area contributed by atoms with E-state index in [-0.39, 0.29) is 17.4 Å². The van der Waals surface area contributed by atoms with Crippen LogP contribution in [0.4, 0.5) is 0 Å². The molecule has 0 radical (unpaired) electrons. The fourth-order valence-electron chi connectivity index (χ4n) is 2.50. The van der Waals surface area contributed by atoms with Crippen molar-refractivity contribution < 1.29 is 9.32 Å². The Labute approximate surface area is 121 Å². The van der Waals surface area contributed by atoms with Gasteiger partial charge in [-0.05, 0) is 30.1 Å². The number of hydrogen-bond acceptors (Lipinski definition) is 2. The first-order valence-electron chi connectivity index (χ1n) is 6.52. The van der Waals surface area contributed by atoms with Gasteiger partial charge >= 0.3 is 0 Å². The van der Waals surface area contributed by atoms with E-state index in [1.54, 1.807) is 11.1 Å². The fraction of sp³-hybridized carbons (Fsp3) is 0.500. The SMILES string of the molecule is C[SiH](C)ON1C(=O)c2c(Cl)cccc2C1C(C)(C)C. The van der Waals surface area contributed by atoms with Crippen molar-refractivity contribution in [3.8, 4) is 0 Å². The molecule has 0 saturated heterocycles. The lowest BCUT2D eigenvalue weighted by Crippen LogP contribution is -2.38. The Kier molecular flexibility index (Phi) is 3.77. The summed E-state index contributed by atoms with van der Waals surface area (Å²) >= 11 is 6.19. The molecule has 1 aromatic carbocycles. The van der Waals surface area contributed by atoms with Gasteiger partial charge in [-0.1, -0.05) is 44.5 Å². The van der Waals surface area contributed by atoms with Crippen molar-refractivity contribution in [3.63, 3.8) is 0 Å². The number of carbonyl (C=O) groups is 1. The minimum atomic E-state index is -1.36. The van der Waals surface area contributed by atoms with E-state index in [0.29, 0.717) is 10.6 Å². The molecule has 1 aromatic rings. The minimum Gasteiger partial charge on any atom is -0.321 e. The minimum absolute atomic E-state index is 0.0800. The van der Waals surface area contributed by atoms with Gasteiger partial charge in [-0.2, -0.15) is 0 Å². The maximum Gasteiger partial charge on any atom is 0.278 e. The van der Waals surface area contributed by atoms with Crippen LogP contribution in [0.25, 0.3) is 0 Å². The number of benzene rings is 1. The number of rotatable bonds is 2. The standard InChI is InChI=1S/C14H20ClNO2Si/c1-14(2,3)12-9-7-6-8-10(15)11(9)13(17)16(12)18-19(4)5/h6-8,12,19H,1-5H3. The molecule has 0 aromatic heterocycles. The zero-order valence-electron chi connectivity index (χ0n) is 12.0.